The molecule has 206 valence electrons. The maximum Gasteiger partial charge on any atom is 0.222 e. The molecule has 2 aliphatic rings. The molecule has 38 heavy (non-hydrogen) atoms. The summed E-state index contributed by atoms with van der Waals surface area (Å²) in [5, 5.41) is 23.6. The largest absolute Gasteiger partial charge is 0.494 e. The van der Waals surface area contributed by atoms with Crippen molar-refractivity contribution in [1.82, 2.24) is 16.2 Å². The van der Waals surface area contributed by atoms with E-state index in [0.29, 0.717) is 36.8 Å². The summed E-state index contributed by atoms with van der Waals surface area (Å²) in [6.45, 7) is 8.11. The molecule has 0 radical (unpaired) electrons. The van der Waals surface area contributed by atoms with Crippen LogP contribution in [0, 0.1) is 0 Å². The van der Waals surface area contributed by atoms with Gasteiger partial charge in [-0.05, 0) is 70.9 Å². The number of nitrogens with zero attached hydrogens (tertiary/aromatic N) is 2. The molecule has 1 amide bonds. The number of carbonyl (C=O) groups is 1. The molecule has 9 nitrogen and oxygen atoms in total. The van der Waals surface area contributed by atoms with E-state index >= 15 is 0 Å². The minimum absolute atomic E-state index is 0.0367. The monoisotopic (exact) mass is 543 g/mol. The van der Waals surface area contributed by atoms with Gasteiger partial charge in [0.2, 0.25) is 5.91 Å². The number of fused-ring (bicyclic) bond motifs is 3. The van der Waals surface area contributed by atoms with Crippen LogP contribution < -0.4 is 25.8 Å². The van der Waals surface area contributed by atoms with E-state index in [0.717, 1.165) is 22.5 Å². The van der Waals surface area contributed by atoms with Gasteiger partial charge in [0, 0.05) is 28.4 Å². The number of hydrazine groups is 1. The Morgan fingerprint density at radius 1 is 1.24 bits per heavy atom. The van der Waals surface area contributed by atoms with E-state index in [9.17, 15) is 15.0 Å². The Balaban J connectivity index is 1.68. The van der Waals surface area contributed by atoms with E-state index in [1.54, 1.807) is 13.8 Å². The van der Waals surface area contributed by atoms with Crippen molar-refractivity contribution >= 4 is 28.9 Å². The molecule has 0 saturated carbocycles. The van der Waals surface area contributed by atoms with Crippen LogP contribution in [0.1, 0.15) is 58.1 Å². The third-order valence-corrected chi connectivity index (χ3v) is 7.16. The summed E-state index contributed by atoms with van der Waals surface area (Å²) < 4.78 is 6.06. The van der Waals surface area contributed by atoms with Crippen LogP contribution in [0.3, 0.4) is 0 Å². The highest BCUT2D eigenvalue weighted by Gasteiger charge is 2.40. The molecule has 0 aromatic heterocycles. The first-order chi connectivity index (χ1) is 18.1. The first-order valence-corrected chi connectivity index (χ1v) is 13.5. The third kappa shape index (κ3) is 6.47. The van der Waals surface area contributed by atoms with Gasteiger partial charge in [0.1, 0.15) is 11.9 Å². The molecule has 4 rings (SSSR count). The second-order valence-electron chi connectivity index (χ2n) is 10.4. The van der Waals surface area contributed by atoms with Crippen LogP contribution in [0.4, 0.5) is 5.69 Å². The number of halogens is 1. The molecular weight excluding hydrogens is 506 g/mol. The Hall–Kier alpha value is -2.69. The van der Waals surface area contributed by atoms with Gasteiger partial charge < -0.3 is 25.2 Å². The molecule has 4 unspecified atom stereocenters. The normalized spacial score (nSPS) is 21.7. The van der Waals surface area contributed by atoms with Gasteiger partial charge in [-0.2, -0.15) is 0 Å². The van der Waals surface area contributed by atoms with E-state index in [4.69, 9.17) is 21.3 Å². The van der Waals surface area contributed by atoms with Crippen molar-refractivity contribution in [2.75, 3.05) is 18.1 Å². The minimum Gasteiger partial charge on any atom is -0.494 e. The number of rotatable bonds is 10. The zero-order chi connectivity index (χ0) is 27.4. The Morgan fingerprint density at radius 3 is 2.66 bits per heavy atom. The first-order valence-electron chi connectivity index (χ1n) is 13.2. The van der Waals surface area contributed by atoms with Crippen molar-refractivity contribution in [2.24, 2.45) is 4.99 Å². The molecule has 0 bridgehead atoms. The quantitative estimate of drug-likeness (QED) is 0.292. The Labute approximate surface area is 229 Å². The predicted octanol–water partition coefficient (Wildman–Crippen LogP) is 2.96. The molecule has 10 heteroatoms. The minimum atomic E-state index is -1.15. The average Bonchev–Trinajstić information content (AvgIpc) is 3.19. The van der Waals surface area contributed by atoms with Crippen molar-refractivity contribution in [1.29, 1.82) is 0 Å². The molecule has 2 aromatic rings. The van der Waals surface area contributed by atoms with Crippen LogP contribution >= 0.6 is 11.6 Å². The second kappa shape index (κ2) is 12.0. The molecule has 5 N–H and O–H groups in total. The molecular formula is C28H38ClN5O4. The molecule has 1 saturated heterocycles. The van der Waals surface area contributed by atoms with Crippen molar-refractivity contribution < 1.29 is 19.7 Å². The Morgan fingerprint density at radius 2 is 1.97 bits per heavy atom. The Bertz CT molecular complexity index is 1150. The topological polar surface area (TPSA) is 118 Å². The van der Waals surface area contributed by atoms with Gasteiger partial charge in [-0.15, -0.1) is 0 Å². The lowest BCUT2D eigenvalue weighted by atomic mass is 9.98. The molecule has 4 atom stereocenters. The lowest BCUT2D eigenvalue weighted by Crippen LogP contribution is -2.47. The van der Waals surface area contributed by atoms with Gasteiger partial charge in [0.15, 0.2) is 0 Å². The number of carbonyl (C=O) groups excluding carboxylic acids is 1. The van der Waals surface area contributed by atoms with Crippen LogP contribution in [0.5, 0.6) is 5.75 Å². The fourth-order valence-corrected chi connectivity index (χ4v) is 4.95. The molecule has 0 aliphatic carbocycles. The van der Waals surface area contributed by atoms with Crippen LogP contribution in [-0.2, 0) is 4.79 Å². The molecule has 0 spiro atoms. The van der Waals surface area contributed by atoms with Crippen molar-refractivity contribution in [2.45, 2.75) is 77.0 Å². The summed E-state index contributed by atoms with van der Waals surface area (Å²) >= 11 is 6.19. The fraction of sp³-hybridized carbons (Fsp3) is 0.500. The number of anilines is 1. The lowest BCUT2D eigenvalue weighted by molar-refractivity contribution is -0.121. The van der Waals surface area contributed by atoms with E-state index in [-0.39, 0.29) is 30.7 Å². The smallest absolute Gasteiger partial charge is 0.222 e. The zero-order valence-corrected chi connectivity index (χ0v) is 23.1. The predicted molar refractivity (Wildman–Crippen MR) is 150 cm³/mol. The number of nitrogens with one attached hydrogen (secondary N) is 3. The van der Waals surface area contributed by atoms with E-state index in [2.05, 4.69) is 28.0 Å². The van der Waals surface area contributed by atoms with E-state index in [1.807, 2.05) is 49.4 Å². The van der Waals surface area contributed by atoms with Crippen LogP contribution in [0.25, 0.3) is 0 Å². The van der Waals surface area contributed by atoms with Gasteiger partial charge in [-0.1, -0.05) is 23.7 Å². The zero-order valence-electron chi connectivity index (χ0n) is 22.4. The van der Waals surface area contributed by atoms with Crippen LogP contribution in [0.2, 0.25) is 5.02 Å². The van der Waals surface area contributed by atoms with Crippen molar-refractivity contribution in [3.63, 3.8) is 0 Å². The summed E-state index contributed by atoms with van der Waals surface area (Å²) in [5.41, 5.74) is 8.99. The number of aliphatic imine (C=N–C) groups is 1. The summed E-state index contributed by atoms with van der Waals surface area (Å²) in [6, 6.07) is 13.1. The van der Waals surface area contributed by atoms with Gasteiger partial charge >= 0.3 is 0 Å². The number of hydrogen-bond donors (Lipinski definition) is 5. The summed E-state index contributed by atoms with van der Waals surface area (Å²) in [5.74, 6) is 0.621. The van der Waals surface area contributed by atoms with Gasteiger partial charge in [-0.3, -0.25) is 9.79 Å². The number of aliphatic hydroxyl groups is 2. The first kappa shape index (κ1) is 28.3. The number of amides is 1. The lowest BCUT2D eigenvalue weighted by Gasteiger charge is -2.31. The maximum atomic E-state index is 12.6. The van der Waals surface area contributed by atoms with Crippen LogP contribution in [0.15, 0.2) is 47.5 Å². The van der Waals surface area contributed by atoms with Gasteiger partial charge in [0.05, 0.1) is 42.7 Å². The highest BCUT2D eigenvalue weighted by atomic mass is 35.5. The maximum absolute atomic E-state index is 12.6. The highest BCUT2D eigenvalue weighted by molar-refractivity contribution is 6.30. The SMILES string of the molecule is CCNC(=O)CC1N=C(c2ccc(Cl)cc2)c2cc(OCCCC(O)C(C)(C)O)ccc2N2C(C)NNC12. The highest BCUT2D eigenvalue weighted by Crippen LogP contribution is 2.36. The van der Waals surface area contributed by atoms with Crippen molar-refractivity contribution in [3.8, 4) is 5.75 Å². The summed E-state index contributed by atoms with van der Waals surface area (Å²) in [7, 11) is 0. The number of aliphatic hydroxyl groups excluding tert-OH is 1. The number of hydrogen-bond acceptors (Lipinski definition) is 8. The van der Waals surface area contributed by atoms with E-state index < -0.39 is 11.7 Å². The average molecular weight is 544 g/mol. The van der Waals surface area contributed by atoms with Crippen molar-refractivity contribution in [3.05, 3.63) is 58.6 Å². The number of benzene rings is 2. The molecule has 2 aliphatic heterocycles. The van der Waals surface area contributed by atoms with Gasteiger partial charge in [-0.25, -0.2) is 10.9 Å². The standard InChI is InChI=1S/C28H38ClN5O4/c1-5-30-25(36)16-22-27-33-32-17(2)34(27)23-13-12-20(38-14-6-7-24(35)28(3,4)37)15-21(23)26(31-22)18-8-10-19(29)11-9-18/h8-13,15,17,22,24,27,32-33,35,37H,5-7,14,16H2,1-4H3,(H,30,36). The number of ether oxygens (including phenoxy) is 1. The Kier molecular flexibility index (Phi) is 8.95. The molecule has 1 fully saturated rings. The summed E-state index contributed by atoms with van der Waals surface area (Å²) in [6.07, 6.45) is 0.161. The van der Waals surface area contributed by atoms with Crippen LogP contribution in [-0.4, -0.2) is 65.1 Å². The molecule has 2 aromatic carbocycles. The molecule has 2 heterocycles. The third-order valence-electron chi connectivity index (χ3n) is 6.91. The summed E-state index contributed by atoms with van der Waals surface area (Å²) in [4.78, 5) is 20.0. The van der Waals surface area contributed by atoms with E-state index in [1.165, 1.54) is 0 Å². The van der Waals surface area contributed by atoms with Gasteiger partial charge in [0.25, 0.3) is 0 Å². The fourth-order valence-electron chi connectivity index (χ4n) is 4.83. The second-order valence-corrected chi connectivity index (χ2v) is 10.8.